The second kappa shape index (κ2) is 4.92. The molecule has 0 fully saturated rings. The topological polar surface area (TPSA) is 130 Å². The summed E-state index contributed by atoms with van der Waals surface area (Å²) in [7, 11) is 0. The largest absolute Gasteiger partial charge is 0.388 e. The highest BCUT2D eigenvalue weighted by molar-refractivity contribution is 5.81. The number of aliphatic hydroxyl groups is 3. The van der Waals surface area contributed by atoms with Gasteiger partial charge in [0.05, 0.1) is 18.5 Å². The molecule has 4 atom stereocenters. The van der Waals surface area contributed by atoms with Crippen LogP contribution < -0.4 is 5.73 Å². The number of nitrogen functional groups attached to an aromatic ring is 1. The van der Waals surface area contributed by atoms with Gasteiger partial charge in [0, 0.05) is 0 Å². The predicted molar refractivity (Wildman–Crippen MR) is 75.1 cm³/mol. The monoisotopic (exact) mass is 289 g/mol. The van der Waals surface area contributed by atoms with E-state index < -0.39 is 24.4 Å². The first-order valence-corrected chi connectivity index (χ1v) is 6.36. The first-order chi connectivity index (χ1) is 10.0. The number of aromatic nitrogens is 4. The summed E-state index contributed by atoms with van der Waals surface area (Å²) >= 11 is 0. The summed E-state index contributed by atoms with van der Waals surface area (Å²) in [4.78, 5) is 12.1. The van der Waals surface area contributed by atoms with E-state index in [0.717, 1.165) is 0 Å². The van der Waals surface area contributed by atoms with E-state index in [1.54, 1.807) is 10.6 Å². The van der Waals surface area contributed by atoms with Gasteiger partial charge in [0.1, 0.15) is 24.1 Å². The number of nitrogens with zero attached hydrogens (tertiary/aromatic N) is 4. The molecular weight excluding hydrogens is 274 g/mol. The highest BCUT2D eigenvalue weighted by Crippen LogP contribution is 2.33. The zero-order valence-electron chi connectivity index (χ0n) is 11.0. The van der Waals surface area contributed by atoms with E-state index in [1.165, 1.54) is 18.7 Å². The van der Waals surface area contributed by atoms with Crippen molar-refractivity contribution in [2.24, 2.45) is 0 Å². The van der Waals surface area contributed by atoms with Gasteiger partial charge in [0.25, 0.3) is 0 Å². The van der Waals surface area contributed by atoms with Crippen molar-refractivity contribution >= 4 is 17.0 Å². The Hall–Kier alpha value is -2.29. The molecule has 1 aliphatic rings. The number of anilines is 1. The van der Waals surface area contributed by atoms with Crippen LogP contribution in [-0.2, 0) is 0 Å². The zero-order valence-corrected chi connectivity index (χ0v) is 11.0. The summed E-state index contributed by atoms with van der Waals surface area (Å²) in [6.45, 7) is 3.47. The molecule has 3 rings (SSSR count). The lowest BCUT2D eigenvalue weighted by Crippen LogP contribution is -2.31. The van der Waals surface area contributed by atoms with Gasteiger partial charge in [-0.2, -0.15) is 0 Å². The molecular formula is C13H15N5O3. The Morgan fingerprint density at radius 1 is 1.33 bits per heavy atom. The Bertz CT molecular complexity index is 726. The van der Waals surface area contributed by atoms with Crippen molar-refractivity contribution in [3.05, 3.63) is 37.0 Å². The van der Waals surface area contributed by atoms with Crippen molar-refractivity contribution in [3.63, 3.8) is 0 Å². The fourth-order valence-electron chi connectivity index (χ4n) is 2.52. The zero-order chi connectivity index (χ0) is 15.1. The molecule has 8 nitrogen and oxygen atoms in total. The Labute approximate surface area is 119 Å². The molecule has 0 spiro atoms. The molecule has 1 aliphatic carbocycles. The molecule has 2 aromatic heterocycles. The van der Waals surface area contributed by atoms with Crippen molar-refractivity contribution < 1.29 is 15.3 Å². The van der Waals surface area contributed by atoms with E-state index in [2.05, 4.69) is 21.5 Å². The third-order valence-corrected chi connectivity index (χ3v) is 3.65. The Kier molecular flexibility index (Phi) is 3.20. The minimum absolute atomic E-state index is 0.238. The van der Waals surface area contributed by atoms with Gasteiger partial charge in [0.15, 0.2) is 11.5 Å². The van der Waals surface area contributed by atoms with E-state index >= 15 is 0 Å². The molecule has 110 valence electrons. The molecule has 0 radical (unpaired) electrons. The number of nitrogens with two attached hydrogens (primary N) is 1. The fraction of sp³-hybridized carbons (Fsp3) is 0.308. The highest BCUT2D eigenvalue weighted by Gasteiger charge is 2.38. The third kappa shape index (κ3) is 2.00. The molecule has 0 aliphatic heterocycles. The standard InChI is InChI=1S/C13H15N5O3/c1-2-8(19)6-3-7(11(21)10(6)20)18-5-17-9-12(14)15-4-16-13(9)18/h2-5,7-8,10-11,19-21H,1H2,(H2,14,15,16). The Morgan fingerprint density at radius 3 is 2.81 bits per heavy atom. The van der Waals surface area contributed by atoms with Crippen molar-refractivity contribution in [1.82, 2.24) is 19.5 Å². The van der Waals surface area contributed by atoms with Crippen LogP contribution in [0.5, 0.6) is 0 Å². The highest BCUT2D eigenvalue weighted by atomic mass is 16.3. The van der Waals surface area contributed by atoms with E-state index in [0.29, 0.717) is 16.7 Å². The van der Waals surface area contributed by atoms with Gasteiger partial charge in [-0.15, -0.1) is 6.58 Å². The summed E-state index contributed by atoms with van der Waals surface area (Å²) in [5.74, 6) is 0.238. The number of fused-ring (bicyclic) bond motifs is 1. The molecule has 2 heterocycles. The number of imidazole rings is 1. The lowest BCUT2D eigenvalue weighted by molar-refractivity contribution is 0.0254. The smallest absolute Gasteiger partial charge is 0.166 e. The van der Waals surface area contributed by atoms with Gasteiger partial charge in [-0.3, -0.25) is 0 Å². The van der Waals surface area contributed by atoms with Crippen LogP contribution in [0.25, 0.3) is 11.2 Å². The van der Waals surface area contributed by atoms with Crippen LogP contribution in [-0.4, -0.2) is 53.2 Å². The van der Waals surface area contributed by atoms with Gasteiger partial charge >= 0.3 is 0 Å². The van der Waals surface area contributed by atoms with Crippen LogP contribution in [0.3, 0.4) is 0 Å². The molecule has 0 bridgehead atoms. The first kappa shape index (κ1) is 13.7. The van der Waals surface area contributed by atoms with Crippen LogP contribution in [0.2, 0.25) is 0 Å². The minimum Gasteiger partial charge on any atom is -0.388 e. The maximum atomic E-state index is 10.2. The molecule has 0 aromatic carbocycles. The second-order valence-corrected chi connectivity index (χ2v) is 4.86. The number of hydrogen-bond acceptors (Lipinski definition) is 7. The summed E-state index contributed by atoms with van der Waals surface area (Å²) in [5.41, 5.74) is 6.89. The van der Waals surface area contributed by atoms with Crippen LogP contribution in [0, 0.1) is 0 Å². The normalized spacial score (nSPS) is 26.8. The average molecular weight is 289 g/mol. The van der Waals surface area contributed by atoms with Crippen LogP contribution in [0.1, 0.15) is 6.04 Å². The molecule has 5 N–H and O–H groups in total. The third-order valence-electron chi connectivity index (χ3n) is 3.65. The number of hydrogen-bond donors (Lipinski definition) is 4. The molecule has 0 saturated carbocycles. The molecule has 4 unspecified atom stereocenters. The number of rotatable bonds is 3. The van der Waals surface area contributed by atoms with Crippen LogP contribution in [0.15, 0.2) is 37.0 Å². The molecule has 2 aromatic rings. The molecule has 21 heavy (non-hydrogen) atoms. The Morgan fingerprint density at radius 2 is 2.10 bits per heavy atom. The summed E-state index contributed by atoms with van der Waals surface area (Å²) in [6.07, 6.45) is 2.32. The lowest BCUT2D eigenvalue weighted by Gasteiger charge is -2.19. The van der Waals surface area contributed by atoms with Gasteiger partial charge in [0.2, 0.25) is 0 Å². The lowest BCUT2D eigenvalue weighted by atomic mass is 10.1. The maximum absolute atomic E-state index is 10.2. The molecule has 8 heteroatoms. The van der Waals surface area contributed by atoms with E-state index in [-0.39, 0.29) is 5.82 Å². The van der Waals surface area contributed by atoms with Crippen LogP contribution in [0.4, 0.5) is 5.82 Å². The second-order valence-electron chi connectivity index (χ2n) is 4.86. The fourth-order valence-corrected chi connectivity index (χ4v) is 2.52. The maximum Gasteiger partial charge on any atom is 0.166 e. The SMILES string of the molecule is C=CC(O)C1=CC(n2cnc3c(N)ncnc32)C(O)C1O. The van der Waals surface area contributed by atoms with Crippen molar-refractivity contribution in [2.75, 3.05) is 5.73 Å². The minimum atomic E-state index is -1.18. The average Bonchev–Trinajstić information content (AvgIpc) is 3.02. The summed E-state index contributed by atoms with van der Waals surface area (Å²) < 4.78 is 1.59. The number of aliphatic hydroxyl groups excluding tert-OH is 3. The quantitative estimate of drug-likeness (QED) is 0.542. The van der Waals surface area contributed by atoms with Crippen molar-refractivity contribution in [3.8, 4) is 0 Å². The van der Waals surface area contributed by atoms with Gasteiger partial charge in [-0.05, 0) is 5.57 Å². The van der Waals surface area contributed by atoms with Crippen molar-refractivity contribution in [2.45, 2.75) is 24.4 Å². The van der Waals surface area contributed by atoms with Crippen LogP contribution >= 0.6 is 0 Å². The van der Waals surface area contributed by atoms with Gasteiger partial charge in [-0.25, -0.2) is 15.0 Å². The van der Waals surface area contributed by atoms with E-state index in [1.807, 2.05) is 0 Å². The van der Waals surface area contributed by atoms with Gasteiger partial charge < -0.3 is 25.6 Å². The predicted octanol–water partition coefficient (Wildman–Crippen LogP) is -0.842. The summed E-state index contributed by atoms with van der Waals surface area (Å²) in [5, 5.41) is 30.0. The van der Waals surface area contributed by atoms with E-state index in [9.17, 15) is 15.3 Å². The van der Waals surface area contributed by atoms with E-state index in [4.69, 9.17) is 5.73 Å². The molecule has 0 saturated heterocycles. The molecule has 0 amide bonds. The Balaban J connectivity index is 2.08. The summed E-state index contributed by atoms with van der Waals surface area (Å²) in [6, 6.07) is -0.608. The van der Waals surface area contributed by atoms with Gasteiger partial charge in [-0.1, -0.05) is 12.2 Å². The van der Waals surface area contributed by atoms with Crippen molar-refractivity contribution in [1.29, 1.82) is 0 Å². The first-order valence-electron chi connectivity index (χ1n) is 6.36.